The summed E-state index contributed by atoms with van der Waals surface area (Å²) in [5.74, 6) is -0.569. The summed E-state index contributed by atoms with van der Waals surface area (Å²) in [6.45, 7) is 8.07. The van der Waals surface area contributed by atoms with Gasteiger partial charge >= 0.3 is 11.9 Å². The fourth-order valence-electron chi connectivity index (χ4n) is 4.99. The van der Waals surface area contributed by atoms with Gasteiger partial charge in [0.1, 0.15) is 6.10 Å². The van der Waals surface area contributed by atoms with Crippen molar-refractivity contribution in [2.75, 3.05) is 40.3 Å². The second kappa shape index (κ2) is 15.4. The first-order chi connectivity index (χ1) is 16.6. The summed E-state index contributed by atoms with van der Waals surface area (Å²) in [4.78, 5) is 26.9. The SMILES string of the molecule is CC1=CC(O)CCC1.CC1=CC(OC(=O)C2CCN(C)CC2)CCC1.CN1CCC(C(=O)O)CC1. The number of ether oxygens (including phenoxy) is 1. The molecule has 4 aliphatic rings. The normalized spacial score (nSPS) is 26.8. The van der Waals surface area contributed by atoms with Crippen molar-refractivity contribution in [1.82, 2.24) is 9.80 Å². The third-order valence-corrected chi connectivity index (χ3v) is 7.47. The minimum atomic E-state index is -0.631. The Balaban J connectivity index is 0.000000204. The Labute approximate surface area is 212 Å². The number of likely N-dealkylation sites (tertiary alicyclic amines) is 2. The predicted octanol–water partition coefficient (Wildman–Crippen LogP) is 4.26. The Kier molecular flexibility index (Phi) is 13.0. The Morgan fingerprint density at radius 2 is 1.29 bits per heavy atom. The lowest BCUT2D eigenvalue weighted by atomic mass is 9.96. The molecule has 2 N–H and O–H groups in total. The van der Waals surface area contributed by atoms with Gasteiger partial charge < -0.3 is 24.7 Å². The van der Waals surface area contributed by atoms with Crippen LogP contribution in [0.1, 0.15) is 78.1 Å². The van der Waals surface area contributed by atoms with Crippen molar-refractivity contribution in [1.29, 1.82) is 0 Å². The van der Waals surface area contributed by atoms with Crippen LogP contribution in [0.4, 0.5) is 0 Å². The highest BCUT2D eigenvalue weighted by molar-refractivity contribution is 5.73. The first kappa shape index (κ1) is 29.5. The summed E-state index contributed by atoms with van der Waals surface area (Å²) in [7, 11) is 4.13. The molecule has 0 amide bonds. The smallest absolute Gasteiger partial charge is 0.309 e. The highest BCUT2D eigenvalue weighted by Crippen LogP contribution is 2.23. The van der Waals surface area contributed by atoms with Gasteiger partial charge in [0.25, 0.3) is 0 Å². The van der Waals surface area contributed by atoms with Gasteiger partial charge in [0, 0.05) is 0 Å². The van der Waals surface area contributed by atoms with E-state index in [0.29, 0.717) is 0 Å². The summed E-state index contributed by atoms with van der Waals surface area (Å²) in [5.41, 5.74) is 2.70. The quantitative estimate of drug-likeness (QED) is 0.449. The van der Waals surface area contributed by atoms with Gasteiger partial charge in [-0.15, -0.1) is 0 Å². The van der Waals surface area contributed by atoms with Gasteiger partial charge in [-0.3, -0.25) is 9.59 Å². The molecule has 200 valence electrons. The maximum atomic E-state index is 12.0. The maximum Gasteiger partial charge on any atom is 0.309 e. The van der Waals surface area contributed by atoms with Gasteiger partial charge in [-0.25, -0.2) is 0 Å². The van der Waals surface area contributed by atoms with Crippen LogP contribution < -0.4 is 0 Å². The lowest BCUT2D eigenvalue weighted by Gasteiger charge is -2.29. The largest absolute Gasteiger partial charge is 0.481 e. The molecule has 2 aliphatic carbocycles. The van der Waals surface area contributed by atoms with Crippen molar-refractivity contribution in [3.05, 3.63) is 23.3 Å². The lowest BCUT2D eigenvalue weighted by molar-refractivity contribution is -0.154. The molecule has 0 aromatic heterocycles. The number of carboxylic acids is 1. The predicted molar refractivity (Wildman–Crippen MR) is 139 cm³/mol. The topological polar surface area (TPSA) is 90.3 Å². The molecular formula is C28H48N2O5. The summed E-state index contributed by atoms with van der Waals surface area (Å²) in [6.07, 6.45) is 14.1. The molecule has 35 heavy (non-hydrogen) atoms. The molecule has 2 saturated heterocycles. The molecule has 2 atom stereocenters. The first-order valence-electron chi connectivity index (χ1n) is 13.5. The number of hydrogen-bond donors (Lipinski definition) is 2. The van der Waals surface area contributed by atoms with E-state index in [4.69, 9.17) is 14.9 Å². The van der Waals surface area contributed by atoms with E-state index >= 15 is 0 Å². The second-order valence-corrected chi connectivity index (χ2v) is 10.8. The molecule has 7 nitrogen and oxygen atoms in total. The third-order valence-electron chi connectivity index (χ3n) is 7.47. The molecule has 0 bridgehead atoms. The zero-order valence-electron chi connectivity index (χ0n) is 22.4. The van der Waals surface area contributed by atoms with Crippen LogP contribution in [0, 0.1) is 11.8 Å². The first-order valence-corrected chi connectivity index (χ1v) is 13.5. The zero-order chi connectivity index (χ0) is 25.8. The van der Waals surface area contributed by atoms with Crippen molar-refractivity contribution in [3.8, 4) is 0 Å². The number of rotatable bonds is 3. The zero-order valence-corrected chi connectivity index (χ0v) is 22.4. The Bertz CT molecular complexity index is 719. The van der Waals surface area contributed by atoms with E-state index in [2.05, 4.69) is 36.8 Å². The monoisotopic (exact) mass is 492 g/mol. The number of carbonyl (C=O) groups excluding carboxylic acids is 1. The Morgan fingerprint density at radius 1 is 0.800 bits per heavy atom. The average molecular weight is 493 g/mol. The fourth-order valence-corrected chi connectivity index (χ4v) is 4.99. The molecule has 2 aliphatic heterocycles. The van der Waals surface area contributed by atoms with Crippen molar-refractivity contribution in [3.63, 3.8) is 0 Å². The van der Waals surface area contributed by atoms with Crippen LogP contribution in [-0.4, -0.2) is 84.4 Å². The van der Waals surface area contributed by atoms with Crippen LogP contribution in [0.2, 0.25) is 0 Å². The van der Waals surface area contributed by atoms with Gasteiger partial charge in [-0.05, 0) is 124 Å². The highest BCUT2D eigenvalue weighted by Gasteiger charge is 2.27. The van der Waals surface area contributed by atoms with E-state index in [1.54, 1.807) is 0 Å². The van der Waals surface area contributed by atoms with Crippen molar-refractivity contribution >= 4 is 11.9 Å². The standard InChI is InChI=1S/C14H23NO2.C7H13NO2.C7H12O/c1-11-4-3-5-13(10-11)17-14(16)12-6-8-15(2)9-7-12;1-8-4-2-6(3-5-8)7(9)10;1-6-3-2-4-7(8)5-6/h10,12-13H,3-9H2,1-2H3;6H,2-5H2,1H3,(H,9,10);5,7-8H,2-4H2,1H3. The molecular weight excluding hydrogens is 444 g/mol. The average Bonchev–Trinajstić information content (AvgIpc) is 2.80. The molecule has 2 unspecified atom stereocenters. The van der Waals surface area contributed by atoms with E-state index in [-0.39, 0.29) is 30.0 Å². The van der Waals surface area contributed by atoms with Crippen molar-refractivity contribution < 1.29 is 24.5 Å². The van der Waals surface area contributed by atoms with Gasteiger partial charge in [0.05, 0.1) is 17.9 Å². The van der Waals surface area contributed by atoms with E-state index < -0.39 is 5.97 Å². The number of aliphatic hydroxyl groups excluding tert-OH is 1. The minimum absolute atomic E-state index is 0.0223. The number of piperidine rings is 2. The Morgan fingerprint density at radius 3 is 1.71 bits per heavy atom. The van der Waals surface area contributed by atoms with E-state index in [1.807, 2.05) is 13.1 Å². The summed E-state index contributed by atoms with van der Waals surface area (Å²) >= 11 is 0. The number of nitrogens with zero attached hydrogens (tertiary/aromatic N) is 2. The van der Waals surface area contributed by atoms with Crippen molar-refractivity contribution in [2.45, 2.75) is 90.3 Å². The van der Waals surface area contributed by atoms with E-state index in [1.165, 1.54) is 17.6 Å². The van der Waals surface area contributed by atoms with Crippen molar-refractivity contribution in [2.24, 2.45) is 11.8 Å². The molecule has 0 aromatic rings. The Hall–Kier alpha value is -1.70. The number of carboxylic acid groups (broad SMARTS) is 1. The molecule has 4 rings (SSSR count). The van der Waals surface area contributed by atoms with E-state index in [9.17, 15) is 9.59 Å². The van der Waals surface area contributed by atoms with Gasteiger partial charge in [0.15, 0.2) is 0 Å². The molecule has 0 aromatic carbocycles. The van der Waals surface area contributed by atoms with Crippen LogP contribution in [0.3, 0.4) is 0 Å². The van der Waals surface area contributed by atoms with Gasteiger partial charge in [0.2, 0.25) is 0 Å². The van der Waals surface area contributed by atoms with Gasteiger partial charge in [-0.1, -0.05) is 17.2 Å². The second-order valence-electron chi connectivity index (χ2n) is 10.8. The van der Waals surface area contributed by atoms with E-state index in [0.717, 1.165) is 84.0 Å². The fraction of sp³-hybridized carbons (Fsp3) is 0.786. The number of aliphatic carboxylic acids is 1. The minimum Gasteiger partial charge on any atom is -0.481 e. The summed E-state index contributed by atoms with van der Waals surface area (Å²) in [6, 6.07) is 0. The molecule has 0 spiro atoms. The van der Waals surface area contributed by atoms with Crippen LogP contribution in [0.25, 0.3) is 0 Å². The van der Waals surface area contributed by atoms with Crippen LogP contribution in [-0.2, 0) is 14.3 Å². The molecule has 0 saturated carbocycles. The maximum absolute atomic E-state index is 12.0. The number of esters is 1. The van der Waals surface area contributed by atoms with Crippen LogP contribution in [0.15, 0.2) is 23.3 Å². The lowest BCUT2D eigenvalue weighted by Crippen LogP contribution is -2.35. The highest BCUT2D eigenvalue weighted by atomic mass is 16.5. The van der Waals surface area contributed by atoms with Gasteiger partial charge in [-0.2, -0.15) is 0 Å². The number of aliphatic hydroxyl groups is 1. The van der Waals surface area contributed by atoms with Crippen LogP contribution in [0.5, 0.6) is 0 Å². The summed E-state index contributed by atoms with van der Waals surface area (Å²) in [5, 5.41) is 17.6. The number of hydrogen-bond acceptors (Lipinski definition) is 6. The molecule has 2 heterocycles. The molecule has 2 fully saturated rings. The third kappa shape index (κ3) is 11.7. The number of allylic oxidation sites excluding steroid dienone is 2. The molecule has 7 heteroatoms. The number of carbonyl (C=O) groups is 2. The van der Waals surface area contributed by atoms with Crippen LogP contribution >= 0.6 is 0 Å². The summed E-state index contributed by atoms with van der Waals surface area (Å²) < 4.78 is 5.60. The molecule has 0 radical (unpaired) electrons.